The van der Waals surface area contributed by atoms with Crippen LogP contribution in [0.1, 0.15) is 34.8 Å². The molecule has 1 aliphatic rings. The first-order valence-corrected chi connectivity index (χ1v) is 12.4. The Morgan fingerprint density at radius 2 is 1.58 bits per heavy atom. The average Bonchev–Trinajstić information content (AvgIpc) is 2.91. The zero-order valence-corrected chi connectivity index (χ0v) is 20.6. The average molecular weight is 506 g/mol. The maximum atomic E-state index is 13.6. The molecule has 2 aromatic carbocycles. The number of likely N-dealkylation sites (tertiary alicyclic amines) is 1. The van der Waals surface area contributed by atoms with Crippen LogP contribution in [0.5, 0.6) is 0 Å². The van der Waals surface area contributed by atoms with Crippen molar-refractivity contribution in [1.29, 1.82) is 0 Å². The summed E-state index contributed by atoms with van der Waals surface area (Å²) in [6.45, 7) is 1.22. The first kappa shape index (κ1) is 25.4. The predicted molar refractivity (Wildman–Crippen MR) is 138 cm³/mol. The molecule has 1 aromatic heterocycles. The van der Waals surface area contributed by atoms with Gasteiger partial charge in [0.1, 0.15) is 0 Å². The van der Waals surface area contributed by atoms with Gasteiger partial charge in [-0.05, 0) is 55.2 Å². The number of carbonyl (C=O) groups is 3. The molecule has 1 fully saturated rings. The minimum atomic E-state index is -1.32. The van der Waals surface area contributed by atoms with Crippen LogP contribution in [-0.4, -0.2) is 46.7 Å². The molecule has 36 heavy (non-hydrogen) atoms. The fraction of sp³-hybridized carbons (Fsp3) is 0.286. The molecule has 186 valence electrons. The Morgan fingerprint density at radius 3 is 2.25 bits per heavy atom. The van der Waals surface area contributed by atoms with Crippen molar-refractivity contribution in [2.75, 3.05) is 19.6 Å². The van der Waals surface area contributed by atoms with Crippen LogP contribution in [0.2, 0.25) is 5.02 Å². The highest BCUT2D eigenvalue weighted by Crippen LogP contribution is 2.23. The maximum absolute atomic E-state index is 13.6. The Hall–Kier alpha value is -3.71. The summed E-state index contributed by atoms with van der Waals surface area (Å²) < 4.78 is 1.17. The first-order valence-electron chi connectivity index (χ1n) is 12.0. The van der Waals surface area contributed by atoms with Gasteiger partial charge in [-0.25, -0.2) is 0 Å². The maximum Gasteiger partial charge on any atom is 0.253 e. The highest BCUT2D eigenvalue weighted by atomic mass is 35.5. The number of aromatic nitrogens is 1. The Labute approximate surface area is 214 Å². The molecule has 0 bridgehead atoms. The van der Waals surface area contributed by atoms with E-state index in [-0.39, 0.29) is 11.8 Å². The largest absolute Gasteiger partial charge is 0.356 e. The molecule has 0 aliphatic carbocycles. The first-order chi connectivity index (χ1) is 17.4. The summed E-state index contributed by atoms with van der Waals surface area (Å²) in [7, 11) is 0. The SMILES string of the molecule is O=C(NCCc1ccccc1)C1CCN(C(=O)[C@@H](C(=O)c2ccc(Cl)cc2)n2ccccc2=O)CC1. The molecule has 0 radical (unpaired) electrons. The minimum Gasteiger partial charge on any atom is -0.356 e. The zero-order chi connectivity index (χ0) is 25.5. The van der Waals surface area contributed by atoms with E-state index in [9.17, 15) is 19.2 Å². The van der Waals surface area contributed by atoms with E-state index in [0.29, 0.717) is 43.1 Å². The molecule has 0 spiro atoms. The molecular formula is C28H28ClN3O4. The van der Waals surface area contributed by atoms with Crippen LogP contribution in [0.4, 0.5) is 0 Å². The van der Waals surface area contributed by atoms with E-state index in [0.717, 1.165) is 12.0 Å². The second-order valence-corrected chi connectivity index (χ2v) is 9.28. The van der Waals surface area contributed by atoms with Gasteiger partial charge < -0.3 is 10.2 Å². The van der Waals surface area contributed by atoms with E-state index in [2.05, 4.69) is 5.32 Å². The van der Waals surface area contributed by atoms with Gasteiger partial charge in [0.2, 0.25) is 5.91 Å². The number of hydrogen-bond donors (Lipinski definition) is 1. The number of ketones is 1. The third-order valence-electron chi connectivity index (χ3n) is 6.47. The van der Waals surface area contributed by atoms with Gasteiger partial charge in [0.15, 0.2) is 11.8 Å². The van der Waals surface area contributed by atoms with Crippen molar-refractivity contribution in [1.82, 2.24) is 14.8 Å². The number of hydrogen-bond acceptors (Lipinski definition) is 4. The van der Waals surface area contributed by atoms with Crippen molar-refractivity contribution in [2.45, 2.75) is 25.3 Å². The van der Waals surface area contributed by atoms with E-state index in [1.165, 1.54) is 16.8 Å². The van der Waals surface area contributed by atoms with Crippen molar-refractivity contribution in [2.24, 2.45) is 5.92 Å². The van der Waals surface area contributed by atoms with Crippen molar-refractivity contribution in [3.05, 3.63) is 105 Å². The Morgan fingerprint density at radius 1 is 0.917 bits per heavy atom. The highest BCUT2D eigenvalue weighted by molar-refractivity contribution is 6.30. The number of nitrogens with one attached hydrogen (secondary N) is 1. The summed E-state index contributed by atoms with van der Waals surface area (Å²) >= 11 is 5.95. The summed E-state index contributed by atoms with van der Waals surface area (Å²) in [6.07, 6.45) is 3.19. The predicted octanol–water partition coefficient (Wildman–Crippen LogP) is 3.52. The lowest BCUT2D eigenvalue weighted by atomic mass is 9.94. The van der Waals surface area contributed by atoms with E-state index < -0.39 is 23.3 Å². The Bertz CT molecular complexity index is 1270. The Kier molecular flexibility index (Phi) is 8.33. The lowest BCUT2D eigenvalue weighted by Gasteiger charge is -2.33. The lowest BCUT2D eigenvalue weighted by Crippen LogP contribution is -2.48. The van der Waals surface area contributed by atoms with Crippen LogP contribution in [-0.2, 0) is 16.0 Å². The van der Waals surface area contributed by atoms with Crippen LogP contribution in [0.25, 0.3) is 0 Å². The molecule has 1 N–H and O–H groups in total. The summed E-state index contributed by atoms with van der Waals surface area (Å²) in [6, 6.07) is 19.4. The summed E-state index contributed by atoms with van der Waals surface area (Å²) in [5.41, 5.74) is 1.01. The number of carbonyl (C=O) groups excluding carboxylic acids is 3. The third kappa shape index (κ3) is 6.10. The van der Waals surface area contributed by atoms with Gasteiger partial charge in [-0.1, -0.05) is 48.0 Å². The van der Waals surface area contributed by atoms with Gasteiger partial charge in [-0.2, -0.15) is 0 Å². The normalized spacial score (nSPS) is 14.8. The second kappa shape index (κ2) is 11.8. The number of nitrogens with zero attached hydrogens (tertiary/aromatic N) is 2. The topological polar surface area (TPSA) is 88.5 Å². The molecule has 4 rings (SSSR count). The fourth-order valence-electron chi connectivity index (χ4n) is 4.44. The Balaban J connectivity index is 1.41. The van der Waals surface area contributed by atoms with Gasteiger partial charge in [-0.3, -0.25) is 23.7 Å². The van der Waals surface area contributed by atoms with Gasteiger partial charge >= 0.3 is 0 Å². The van der Waals surface area contributed by atoms with Crippen molar-refractivity contribution < 1.29 is 14.4 Å². The van der Waals surface area contributed by atoms with E-state index in [1.807, 2.05) is 30.3 Å². The van der Waals surface area contributed by atoms with Crippen LogP contribution in [0.3, 0.4) is 0 Å². The van der Waals surface area contributed by atoms with Gasteiger partial charge in [0.25, 0.3) is 11.5 Å². The number of piperidine rings is 1. The number of benzene rings is 2. The monoisotopic (exact) mass is 505 g/mol. The number of halogens is 1. The summed E-state index contributed by atoms with van der Waals surface area (Å²) in [5.74, 6) is -1.15. The zero-order valence-electron chi connectivity index (χ0n) is 19.8. The van der Waals surface area contributed by atoms with Crippen LogP contribution in [0.15, 0.2) is 83.8 Å². The van der Waals surface area contributed by atoms with E-state index in [1.54, 1.807) is 41.3 Å². The molecule has 3 aromatic rings. The van der Waals surface area contributed by atoms with Crippen LogP contribution >= 0.6 is 11.6 Å². The van der Waals surface area contributed by atoms with Gasteiger partial charge in [-0.15, -0.1) is 0 Å². The van der Waals surface area contributed by atoms with Crippen molar-refractivity contribution >= 4 is 29.2 Å². The molecule has 1 aliphatic heterocycles. The van der Waals surface area contributed by atoms with E-state index >= 15 is 0 Å². The number of rotatable bonds is 8. The highest BCUT2D eigenvalue weighted by Gasteiger charge is 2.36. The molecule has 2 amide bonds. The van der Waals surface area contributed by atoms with Crippen molar-refractivity contribution in [3.8, 4) is 0 Å². The molecule has 1 atom stereocenters. The fourth-order valence-corrected chi connectivity index (χ4v) is 4.56. The third-order valence-corrected chi connectivity index (χ3v) is 6.73. The summed E-state index contributed by atoms with van der Waals surface area (Å²) in [5, 5.41) is 3.46. The molecule has 1 saturated heterocycles. The molecule has 7 nitrogen and oxygen atoms in total. The summed E-state index contributed by atoms with van der Waals surface area (Å²) in [4.78, 5) is 53.7. The standard InChI is InChI=1S/C28H28ClN3O4/c29-23-11-9-21(10-12-23)26(34)25(32-17-5-4-8-24(32)33)28(36)31-18-14-22(15-19-31)27(35)30-16-13-20-6-2-1-3-7-20/h1-12,17,22,25H,13-16,18-19H2,(H,30,35)/t25-/m1/s1. The number of pyridine rings is 1. The van der Waals surface area contributed by atoms with Gasteiger partial charge in [0, 0.05) is 48.4 Å². The second-order valence-electron chi connectivity index (χ2n) is 8.85. The minimum absolute atomic E-state index is 0.0221. The van der Waals surface area contributed by atoms with Gasteiger partial charge in [0.05, 0.1) is 0 Å². The molecule has 0 unspecified atom stereocenters. The molecular weight excluding hydrogens is 478 g/mol. The smallest absolute Gasteiger partial charge is 0.253 e. The van der Waals surface area contributed by atoms with Crippen LogP contribution in [0, 0.1) is 5.92 Å². The number of amides is 2. The molecule has 8 heteroatoms. The molecule has 0 saturated carbocycles. The quantitative estimate of drug-likeness (QED) is 0.375. The molecule has 2 heterocycles. The lowest BCUT2D eigenvalue weighted by molar-refractivity contribution is -0.137. The number of Topliss-reactive ketones (excluding diaryl/α,β-unsaturated/α-hetero) is 1. The van der Waals surface area contributed by atoms with Crippen molar-refractivity contribution in [3.63, 3.8) is 0 Å². The van der Waals surface area contributed by atoms with E-state index in [4.69, 9.17) is 11.6 Å². The van der Waals surface area contributed by atoms with Crippen LogP contribution < -0.4 is 10.9 Å².